The summed E-state index contributed by atoms with van der Waals surface area (Å²) in [7, 11) is 1.58. The lowest BCUT2D eigenvalue weighted by Crippen LogP contribution is -2.53. The largest absolute Gasteiger partial charge is 0.376 e. The second-order valence-corrected chi connectivity index (χ2v) is 7.74. The average molecular weight is 324 g/mol. The van der Waals surface area contributed by atoms with E-state index in [4.69, 9.17) is 4.74 Å². The summed E-state index contributed by atoms with van der Waals surface area (Å²) in [4.78, 5) is 24.0. The molecule has 2 aliphatic carbocycles. The van der Waals surface area contributed by atoms with Crippen molar-refractivity contribution < 1.29 is 14.3 Å². The zero-order chi connectivity index (χ0) is 17.0. The molecule has 5 nitrogen and oxygen atoms in total. The van der Waals surface area contributed by atoms with E-state index in [9.17, 15) is 9.59 Å². The number of carbonyl (C=O) groups excluding carboxylic acids is 2. The normalized spacial score (nSPS) is 22.7. The Morgan fingerprint density at radius 2 is 1.70 bits per heavy atom. The second kappa shape index (κ2) is 7.65. The summed E-state index contributed by atoms with van der Waals surface area (Å²) in [6, 6.07) is -0.631. The number of nitrogens with one attached hydrogen (secondary N) is 2. The monoisotopic (exact) mass is 324 g/mol. The highest BCUT2D eigenvalue weighted by molar-refractivity contribution is 5.88. The Labute approximate surface area is 139 Å². The first-order chi connectivity index (χ1) is 10.9. The molecule has 0 heterocycles. The van der Waals surface area contributed by atoms with Crippen LogP contribution in [-0.4, -0.2) is 37.6 Å². The fraction of sp³-hybridized carbons (Fsp3) is 0.889. The van der Waals surface area contributed by atoms with Crippen LogP contribution in [0.3, 0.4) is 0 Å². The summed E-state index contributed by atoms with van der Waals surface area (Å²) in [5, 5.41) is 5.42. The van der Waals surface area contributed by atoms with Crippen molar-refractivity contribution in [1.29, 1.82) is 0 Å². The fourth-order valence-electron chi connectivity index (χ4n) is 3.39. The number of carbonyl (C=O) groups is 2. The first-order valence-corrected chi connectivity index (χ1v) is 9.00. The molecule has 1 spiro atoms. The van der Waals surface area contributed by atoms with Gasteiger partial charge in [0.2, 0.25) is 11.8 Å². The number of rotatable bonds is 7. The van der Waals surface area contributed by atoms with Crippen molar-refractivity contribution in [3.8, 4) is 0 Å². The Morgan fingerprint density at radius 3 is 2.17 bits per heavy atom. The molecule has 0 saturated heterocycles. The minimum absolute atomic E-state index is 0.123. The lowest BCUT2D eigenvalue weighted by Gasteiger charge is -2.30. The van der Waals surface area contributed by atoms with Gasteiger partial charge in [0.25, 0.3) is 0 Å². The molecule has 2 fully saturated rings. The SMILES string of the molecule is CNC(=O)C(NC(=O)C(C)C)C(C)OCC1CCC2(CC1)CC2. The third kappa shape index (κ3) is 4.93. The van der Waals surface area contributed by atoms with E-state index in [1.807, 2.05) is 20.8 Å². The quantitative estimate of drug-likeness (QED) is 0.755. The maximum absolute atomic E-state index is 12.1. The van der Waals surface area contributed by atoms with Gasteiger partial charge in [0.15, 0.2) is 0 Å². The van der Waals surface area contributed by atoms with Gasteiger partial charge < -0.3 is 15.4 Å². The number of hydrogen-bond acceptors (Lipinski definition) is 3. The first kappa shape index (κ1) is 18.2. The summed E-state index contributed by atoms with van der Waals surface area (Å²) >= 11 is 0. The van der Waals surface area contributed by atoms with Crippen LogP contribution in [0, 0.1) is 17.3 Å². The molecular formula is C18H32N2O3. The van der Waals surface area contributed by atoms with Gasteiger partial charge in [0.05, 0.1) is 6.10 Å². The molecule has 0 radical (unpaired) electrons. The molecule has 2 N–H and O–H groups in total. The molecular weight excluding hydrogens is 292 g/mol. The number of likely N-dealkylation sites (N-methyl/N-ethyl adjacent to an activating group) is 1. The van der Waals surface area contributed by atoms with Crippen LogP contribution in [0.4, 0.5) is 0 Å². The van der Waals surface area contributed by atoms with Crippen LogP contribution in [-0.2, 0) is 14.3 Å². The van der Waals surface area contributed by atoms with Gasteiger partial charge in [-0.1, -0.05) is 13.8 Å². The molecule has 2 atom stereocenters. The summed E-state index contributed by atoms with van der Waals surface area (Å²) in [5.74, 6) is 0.117. The third-order valence-electron chi connectivity index (χ3n) is 5.54. The van der Waals surface area contributed by atoms with Crippen LogP contribution in [0.15, 0.2) is 0 Å². The lowest BCUT2D eigenvalue weighted by molar-refractivity contribution is -0.134. The number of ether oxygens (including phenoxy) is 1. The van der Waals surface area contributed by atoms with Gasteiger partial charge in [-0.25, -0.2) is 0 Å². The fourth-order valence-corrected chi connectivity index (χ4v) is 3.39. The van der Waals surface area contributed by atoms with Crippen molar-refractivity contribution in [2.45, 2.75) is 71.4 Å². The van der Waals surface area contributed by atoms with Gasteiger partial charge in [0, 0.05) is 19.6 Å². The first-order valence-electron chi connectivity index (χ1n) is 9.00. The Kier molecular flexibility index (Phi) is 6.06. The topological polar surface area (TPSA) is 67.4 Å². The van der Waals surface area contributed by atoms with Gasteiger partial charge in [-0.05, 0) is 56.8 Å². The predicted octanol–water partition coefficient (Wildman–Crippen LogP) is 2.25. The van der Waals surface area contributed by atoms with E-state index in [1.165, 1.54) is 38.5 Å². The van der Waals surface area contributed by atoms with Crippen molar-refractivity contribution in [1.82, 2.24) is 10.6 Å². The molecule has 0 aromatic rings. The van der Waals surface area contributed by atoms with E-state index in [1.54, 1.807) is 7.05 Å². The summed E-state index contributed by atoms with van der Waals surface area (Å²) < 4.78 is 5.96. The van der Waals surface area contributed by atoms with Crippen LogP contribution in [0.5, 0.6) is 0 Å². The molecule has 0 bridgehead atoms. The predicted molar refractivity (Wildman–Crippen MR) is 89.9 cm³/mol. The summed E-state index contributed by atoms with van der Waals surface area (Å²) in [6.45, 7) is 6.18. The average Bonchev–Trinajstić information content (AvgIpc) is 3.30. The molecule has 2 aliphatic rings. The smallest absolute Gasteiger partial charge is 0.245 e. The highest BCUT2D eigenvalue weighted by Crippen LogP contribution is 2.57. The summed E-state index contributed by atoms with van der Waals surface area (Å²) in [6.07, 6.45) is 7.63. The van der Waals surface area contributed by atoms with Crippen LogP contribution in [0.25, 0.3) is 0 Å². The highest BCUT2D eigenvalue weighted by atomic mass is 16.5. The lowest BCUT2D eigenvalue weighted by atomic mass is 9.80. The van der Waals surface area contributed by atoms with Crippen molar-refractivity contribution >= 4 is 11.8 Å². The van der Waals surface area contributed by atoms with Crippen molar-refractivity contribution in [3.63, 3.8) is 0 Å². The minimum atomic E-state index is -0.631. The number of amides is 2. The molecule has 0 aromatic heterocycles. The van der Waals surface area contributed by atoms with Crippen LogP contribution in [0.2, 0.25) is 0 Å². The van der Waals surface area contributed by atoms with Gasteiger partial charge in [-0.3, -0.25) is 9.59 Å². The van der Waals surface area contributed by atoms with Gasteiger partial charge >= 0.3 is 0 Å². The van der Waals surface area contributed by atoms with Crippen LogP contribution < -0.4 is 10.6 Å². The second-order valence-electron chi connectivity index (χ2n) is 7.74. The maximum Gasteiger partial charge on any atom is 0.245 e. The molecule has 2 unspecified atom stereocenters. The molecule has 23 heavy (non-hydrogen) atoms. The highest BCUT2D eigenvalue weighted by Gasteiger charge is 2.44. The van der Waals surface area contributed by atoms with Crippen molar-refractivity contribution in [2.75, 3.05) is 13.7 Å². The van der Waals surface area contributed by atoms with Crippen molar-refractivity contribution in [2.24, 2.45) is 17.3 Å². The standard InChI is InChI=1S/C18H32N2O3/c1-12(2)16(21)20-15(17(22)19-4)13(3)23-11-14-5-7-18(8-6-14)9-10-18/h12-15H,5-11H2,1-4H3,(H,19,22)(H,20,21). The van der Waals surface area contributed by atoms with E-state index in [2.05, 4.69) is 10.6 Å². The molecule has 5 heteroatoms. The van der Waals surface area contributed by atoms with Gasteiger partial charge in [0.1, 0.15) is 6.04 Å². The number of hydrogen-bond donors (Lipinski definition) is 2. The molecule has 0 aromatic carbocycles. The molecule has 2 rings (SSSR count). The minimum Gasteiger partial charge on any atom is -0.376 e. The van der Waals surface area contributed by atoms with E-state index in [0.717, 1.165) is 0 Å². The van der Waals surface area contributed by atoms with E-state index < -0.39 is 6.04 Å². The van der Waals surface area contributed by atoms with E-state index in [0.29, 0.717) is 17.9 Å². The Balaban J connectivity index is 1.80. The zero-order valence-electron chi connectivity index (χ0n) is 15.0. The Bertz CT molecular complexity index is 422. The van der Waals surface area contributed by atoms with Gasteiger partial charge in [-0.2, -0.15) is 0 Å². The van der Waals surface area contributed by atoms with Crippen LogP contribution in [0.1, 0.15) is 59.3 Å². The Hall–Kier alpha value is -1.10. The van der Waals surface area contributed by atoms with Crippen molar-refractivity contribution in [3.05, 3.63) is 0 Å². The summed E-state index contributed by atoms with van der Waals surface area (Å²) in [5.41, 5.74) is 0.692. The van der Waals surface area contributed by atoms with E-state index >= 15 is 0 Å². The molecule has 2 saturated carbocycles. The Morgan fingerprint density at radius 1 is 1.09 bits per heavy atom. The maximum atomic E-state index is 12.1. The van der Waals surface area contributed by atoms with Crippen LogP contribution >= 0.6 is 0 Å². The zero-order valence-corrected chi connectivity index (χ0v) is 15.0. The molecule has 132 valence electrons. The molecule has 0 aliphatic heterocycles. The van der Waals surface area contributed by atoms with Gasteiger partial charge in [-0.15, -0.1) is 0 Å². The molecule has 2 amide bonds. The third-order valence-corrected chi connectivity index (χ3v) is 5.54. The van der Waals surface area contributed by atoms with E-state index in [-0.39, 0.29) is 23.8 Å².